The number of carbonyl (C=O) groups excluding carboxylic acids is 1. The van der Waals surface area contributed by atoms with Crippen LogP contribution < -0.4 is 4.74 Å². The highest BCUT2D eigenvalue weighted by molar-refractivity contribution is 5.94. The van der Waals surface area contributed by atoms with Crippen LogP contribution in [0.25, 0.3) is 11.1 Å². The molecule has 2 rings (SSSR count). The first kappa shape index (κ1) is 13.0. The first-order valence-electron chi connectivity index (χ1n) is 5.71. The number of benzene rings is 2. The number of hydrogen-bond donors (Lipinski definition) is 1. The van der Waals surface area contributed by atoms with Gasteiger partial charge >= 0.3 is 5.97 Å². The van der Waals surface area contributed by atoms with E-state index >= 15 is 0 Å². The summed E-state index contributed by atoms with van der Waals surface area (Å²) in [6, 6.07) is 12.3. The SMILES string of the molecule is COC(=O)c1cc(-c2cccc(OC)c2)ccc1O. The molecule has 0 saturated heterocycles. The smallest absolute Gasteiger partial charge is 0.341 e. The average molecular weight is 258 g/mol. The summed E-state index contributed by atoms with van der Waals surface area (Å²) in [5.41, 5.74) is 1.84. The van der Waals surface area contributed by atoms with Crippen molar-refractivity contribution < 1.29 is 19.4 Å². The van der Waals surface area contributed by atoms with Crippen molar-refractivity contribution in [2.24, 2.45) is 0 Å². The minimum atomic E-state index is -0.567. The summed E-state index contributed by atoms with van der Waals surface area (Å²) < 4.78 is 9.79. The van der Waals surface area contributed by atoms with Crippen molar-refractivity contribution in [3.05, 3.63) is 48.0 Å². The van der Waals surface area contributed by atoms with Crippen LogP contribution in [0.2, 0.25) is 0 Å². The molecule has 19 heavy (non-hydrogen) atoms. The molecule has 0 bridgehead atoms. The second-order valence-corrected chi connectivity index (χ2v) is 3.96. The number of esters is 1. The first-order chi connectivity index (χ1) is 9.15. The number of rotatable bonds is 3. The Balaban J connectivity index is 2.48. The van der Waals surface area contributed by atoms with E-state index in [4.69, 9.17) is 4.74 Å². The van der Waals surface area contributed by atoms with Gasteiger partial charge in [-0.05, 0) is 35.4 Å². The zero-order chi connectivity index (χ0) is 13.8. The Labute approximate surface area is 111 Å². The highest BCUT2D eigenvalue weighted by Crippen LogP contribution is 2.28. The molecule has 0 aliphatic carbocycles. The molecular formula is C15H14O4. The van der Waals surface area contributed by atoms with Gasteiger partial charge in [0.25, 0.3) is 0 Å². The number of phenols is 1. The Hall–Kier alpha value is -2.49. The van der Waals surface area contributed by atoms with E-state index in [0.29, 0.717) is 0 Å². The molecule has 4 nitrogen and oxygen atoms in total. The maximum atomic E-state index is 11.5. The van der Waals surface area contributed by atoms with E-state index in [0.717, 1.165) is 16.9 Å². The molecule has 1 N–H and O–H groups in total. The van der Waals surface area contributed by atoms with Crippen LogP contribution in [0.3, 0.4) is 0 Å². The van der Waals surface area contributed by atoms with Crippen molar-refractivity contribution in [1.29, 1.82) is 0 Å². The molecule has 0 radical (unpaired) electrons. The Morgan fingerprint density at radius 3 is 2.47 bits per heavy atom. The van der Waals surface area contributed by atoms with E-state index < -0.39 is 5.97 Å². The molecule has 0 atom stereocenters. The summed E-state index contributed by atoms with van der Waals surface area (Å²) in [6.07, 6.45) is 0. The summed E-state index contributed by atoms with van der Waals surface area (Å²) in [7, 11) is 2.87. The lowest BCUT2D eigenvalue weighted by atomic mass is 10.0. The minimum Gasteiger partial charge on any atom is -0.507 e. The summed E-state index contributed by atoms with van der Waals surface area (Å²) in [4.78, 5) is 11.5. The normalized spacial score (nSPS) is 10.0. The number of carbonyl (C=O) groups is 1. The molecule has 0 heterocycles. The number of phenolic OH excluding ortho intramolecular Hbond substituents is 1. The predicted molar refractivity (Wildman–Crippen MR) is 71.4 cm³/mol. The highest BCUT2D eigenvalue weighted by Gasteiger charge is 2.12. The molecule has 0 spiro atoms. The monoisotopic (exact) mass is 258 g/mol. The van der Waals surface area contributed by atoms with Gasteiger partial charge in [-0.1, -0.05) is 18.2 Å². The van der Waals surface area contributed by atoms with E-state index in [1.54, 1.807) is 19.2 Å². The van der Waals surface area contributed by atoms with Gasteiger partial charge in [0.05, 0.1) is 14.2 Å². The van der Waals surface area contributed by atoms with Gasteiger partial charge in [0.15, 0.2) is 0 Å². The van der Waals surface area contributed by atoms with Crippen LogP contribution >= 0.6 is 0 Å². The van der Waals surface area contributed by atoms with E-state index in [-0.39, 0.29) is 11.3 Å². The van der Waals surface area contributed by atoms with Gasteiger partial charge in [-0.2, -0.15) is 0 Å². The molecule has 0 saturated carbocycles. The summed E-state index contributed by atoms with van der Waals surface area (Å²) in [5, 5.41) is 9.66. The lowest BCUT2D eigenvalue weighted by molar-refractivity contribution is 0.0597. The third-order valence-corrected chi connectivity index (χ3v) is 2.80. The van der Waals surface area contributed by atoms with Crippen molar-refractivity contribution in [2.75, 3.05) is 14.2 Å². The van der Waals surface area contributed by atoms with Gasteiger partial charge in [-0.3, -0.25) is 0 Å². The fourth-order valence-electron chi connectivity index (χ4n) is 1.79. The maximum absolute atomic E-state index is 11.5. The van der Waals surface area contributed by atoms with Gasteiger partial charge in [-0.15, -0.1) is 0 Å². The van der Waals surface area contributed by atoms with Gasteiger partial charge in [0, 0.05) is 0 Å². The summed E-state index contributed by atoms with van der Waals surface area (Å²) in [6.45, 7) is 0. The lowest BCUT2D eigenvalue weighted by Crippen LogP contribution is -2.01. The molecule has 0 aromatic heterocycles. The zero-order valence-corrected chi connectivity index (χ0v) is 10.7. The molecule has 4 heteroatoms. The molecule has 0 aliphatic rings. The Morgan fingerprint density at radius 2 is 1.79 bits per heavy atom. The van der Waals surface area contributed by atoms with Crippen LogP contribution in [-0.4, -0.2) is 25.3 Å². The number of methoxy groups -OCH3 is 2. The van der Waals surface area contributed by atoms with E-state index in [9.17, 15) is 9.90 Å². The van der Waals surface area contributed by atoms with E-state index in [1.165, 1.54) is 13.2 Å². The Morgan fingerprint density at radius 1 is 1.05 bits per heavy atom. The third-order valence-electron chi connectivity index (χ3n) is 2.80. The fourth-order valence-corrected chi connectivity index (χ4v) is 1.79. The van der Waals surface area contributed by atoms with Crippen LogP contribution in [0.4, 0.5) is 0 Å². The maximum Gasteiger partial charge on any atom is 0.341 e. The highest BCUT2D eigenvalue weighted by atomic mass is 16.5. The molecule has 98 valence electrons. The van der Waals surface area contributed by atoms with E-state index in [2.05, 4.69) is 4.74 Å². The minimum absolute atomic E-state index is 0.0986. The van der Waals surface area contributed by atoms with Gasteiger partial charge in [0.2, 0.25) is 0 Å². The van der Waals surface area contributed by atoms with Crippen LogP contribution in [0.15, 0.2) is 42.5 Å². The largest absolute Gasteiger partial charge is 0.507 e. The molecule has 0 amide bonds. The number of ether oxygens (including phenoxy) is 2. The molecule has 0 unspecified atom stereocenters. The van der Waals surface area contributed by atoms with Crippen molar-refractivity contribution >= 4 is 5.97 Å². The van der Waals surface area contributed by atoms with Gasteiger partial charge in [-0.25, -0.2) is 4.79 Å². The first-order valence-corrected chi connectivity index (χ1v) is 5.71. The second-order valence-electron chi connectivity index (χ2n) is 3.96. The molecule has 0 aliphatic heterocycles. The summed E-state index contributed by atoms with van der Waals surface area (Å²) in [5.74, 6) is 0.0611. The average Bonchev–Trinajstić information content (AvgIpc) is 2.47. The summed E-state index contributed by atoms with van der Waals surface area (Å²) >= 11 is 0. The van der Waals surface area contributed by atoms with Crippen LogP contribution in [0, 0.1) is 0 Å². The van der Waals surface area contributed by atoms with Crippen LogP contribution in [0.5, 0.6) is 11.5 Å². The predicted octanol–water partition coefficient (Wildman–Crippen LogP) is 2.85. The Kier molecular flexibility index (Phi) is 3.71. The second kappa shape index (κ2) is 5.44. The van der Waals surface area contributed by atoms with Gasteiger partial charge in [0.1, 0.15) is 17.1 Å². The standard InChI is InChI=1S/C15H14O4/c1-18-12-5-3-4-10(8-12)11-6-7-14(16)13(9-11)15(17)19-2/h3-9,16H,1-2H3. The molecule has 2 aromatic rings. The lowest BCUT2D eigenvalue weighted by Gasteiger charge is -2.08. The Bertz CT molecular complexity index is 605. The van der Waals surface area contributed by atoms with Crippen molar-refractivity contribution in [1.82, 2.24) is 0 Å². The van der Waals surface area contributed by atoms with E-state index in [1.807, 2.05) is 24.3 Å². The molecule has 0 fully saturated rings. The molecular weight excluding hydrogens is 244 g/mol. The quantitative estimate of drug-likeness (QED) is 0.860. The number of hydrogen-bond acceptors (Lipinski definition) is 4. The van der Waals surface area contributed by atoms with Crippen LogP contribution in [0.1, 0.15) is 10.4 Å². The molecule has 2 aromatic carbocycles. The number of aromatic hydroxyl groups is 1. The third kappa shape index (κ3) is 2.68. The van der Waals surface area contributed by atoms with Crippen molar-refractivity contribution in [3.8, 4) is 22.6 Å². The zero-order valence-electron chi connectivity index (χ0n) is 10.7. The van der Waals surface area contributed by atoms with Crippen LogP contribution in [-0.2, 0) is 4.74 Å². The fraction of sp³-hybridized carbons (Fsp3) is 0.133. The van der Waals surface area contributed by atoms with Crippen molar-refractivity contribution in [3.63, 3.8) is 0 Å². The van der Waals surface area contributed by atoms with Gasteiger partial charge < -0.3 is 14.6 Å². The topological polar surface area (TPSA) is 55.8 Å². The van der Waals surface area contributed by atoms with Crippen molar-refractivity contribution in [2.45, 2.75) is 0 Å².